The Labute approximate surface area is 84.9 Å². The second kappa shape index (κ2) is 4.13. The molecule has 1 unspecified atom stereocenters. The maximum absolute atomic E-state index is 5.58. The third-order valence-corrected chi connectivity index (χ3v) is 2.94. The van der Waals surface area contributed by atoms with Crippen molar-refractivity contribution in [1.29, 1.82) is 0 Å². The van der Waals surface area contributed by atoms with Gasteiger partial charge in [-0.3, -0.25) is 0 Å². The molecule has 0 radical (unpaired) electrons. The summed E-state index contributed by atoms with van der Waals surface area (Å²) < 4.78 is 5.58. The van der Waals surface area contributed by atoms with Gasteiger partial charge in [0.05, 0.1) is 5.69 Å². The molecule has 1 N–H and O–H groups in total. The highest BCUT2D eigenvalue weighted by molar-refractivity contribution is 5.05. The van der Waals surface area contributed by atoms with Crippen LogP contribution in [0.4, 0.5) is 0 Å². The lowest BCUT2D eigenvalue weighted by atomic mass is 9.96. The molecule has 78 valence electrons. The van der Waals surface area contributed by atoms with Gasteiger partial charge >= 0.3 is 0 Å². The molecule has 2 heterocycles. The first-order valence-corrected chi connectivity index (χ1v) is 5.39. The van der Waals surface area contributed by atoms with Crippen LogP contribution in [-0.2, 0) is 6.42 Å². The minimum atomic E-state index is 0.709. The van der Waals surface area contributed by atoms with Gasteiger partial charge in [0.1, 0.15) is 5.76 Å². The van der Waals surface area contributed by atoms with Crippen LogP contribution >= 0.6 is 0 Å². The van der Waals surface area contributed by atoms with E-state index in [-0.39, 0.29) is 0 Å². The number of piperidine rings is 1. The van der Waals surface area contributed by atoms with Gasteiger partial charge in [0.2, 0.25) is 0 Å². The van der Waals surface area contributed by atoms with E-state index in [0.717, 1.165) is 30.3 Å². The Kier molecular flexibility index (Phi) is 2.87. The van der Waals surface area contributed by atoms with Gasteiger partial charge in [-0.2, -0.15) is 0 Å². The van der Waals surface area contributed by atoms with E-state index in [4.69, 9.17) is 4.42 Å². The molecule has 2 rings (SSSR count). The predicted octanol–water partition coefficient (Wildman–Crippen LogP) is 1.83. The molecule has 1 aliphatic heterocycles. The zero-order valence-corrected chi connectivity index (χ0v) is 8.97. The summed E-state index contributed by atoms with van der Waals surface area (Å²) >= 11 is 0. The molecule has 1 atom stereocenters. The number of hydrogen-bond donors (Lipinski definition) is 1. The Morgan fingerprint density at radius 3 is 2.93 bits per heavy atom. The molecule has 0 bridgehead atoms. The molecule has 1 aromatic heterocycles. The molecular weight excluding hydrogens is 176 g/mol. The predicted molar refractivity (Wildman–Crippen MR) is 55.3 cm³/mol. The molecule has 1 aromatic rings. The zero-order chi connectivity index (χ0) is 9.97. The zero-order valence-electron chi connectivity index (χ0n) is 8.97. The van der Waals surface area contributed by atoms with E-state index in [1.54, 1.807) is 0 Å². The molecule has 0 amide bonds. The van der Waals surface area contributed by atoms with Gasteiger partial charge in [-0.1, -0.05) is 0 Å². The second-order valence-corrected chi connectivity index (χ2v) is 4.17. The number of nitrogens with zero attached hydrogens (tertiary/aromatic N) is 1. The topological polar surface area (TPSA) is 38.1 Å². The summed E-state index contributed by atoms with van der Waals surface area (Å²) in [5.74, 6) is 2.58. The van der Waals surface area contributed by atoms with Crippen LogP contribution in [0.25, 0.3) is 0 Å². The van der Waals surface area contributed by atoms with Crippen molar-refractivity contribution in [2.24, 2.45) is 5.92 Å². The summed E-state index contributed by atoms with van der Waals surface area (Å²) in [5, 5.41) is 3.41. The average Bonchev–Trinajstić information content (AvgIpc) is 2.47. The van der Waals surface area contributed by atoms with E-state index in [2.05, 4.69) is 10.3 Å². The fourth-order valence-corrected chi connectivity index (χ4v) is 1.97. The quantitative estimate of drug-likeness (QED) is 0.780. The number of rotatable bonds is 2. The van der Waals surface area contributed by atoms with Crippen molar-refractivity contribution >= 4 is 0 Å². The van der Waals surface area contributed by atoms with Crippen LogP contribution in [0.5, 0.6) is 0 Å². The largest absolute Gasteiger partial charge is 0.446 e. The second-order valence-electron chi connectivity index (χ2n) is 4.17. The van der Waals surface area contributed by atoms with Crippen molar-refractivity contribution in [3.63, 3.8) is 0 Å². The van der Waals surface area contributed by atoms with E-state index in [1.807, 2.05) is 13.8 Å². The highest BCUT2D eigenvalue weighted by Crippen LogP contribution is 2.17. The highest BCUT2D eigenvalue weighted by atomic mass is 16.4. The molecule has 0 spiro atoms. The number of aryl methyl sites for hydroxylation is 2. The molecule has 1 fully saturated rings. The van der Waals surface area contributed by atoms with E-state index >= 15 is 0 Å². The van der Waals surface area contributed by atoms with Crippen molar-refractivity contribution in [3.8, 4) is 0 Å². The molecule has 3 heteroatoms. The minimum Gasteiger partial charge on any atom is -0.446 e. The molecule has 1 aliphatic rings. The highest BCUT2D eigenvalue weighted by Gasteiger charge is 2.16. The Hall–Kier alpha value is -0.830. The first kappa shape index (κ1) is 9.71. The lowest BCUT2D eigenvalue weighted by molar-refractivity contribution is 0.342. The van der Waals surface area contributed by atoms with Crippen molar-refractivity contribution < 1.29 is 4.42 Å². The summed E-state index contributed by atoms with van der Waals surface area (Å²) in [5.41, 5.74) is 1.03. The van der Waals surface area contributed by atoms with Crippen molar-refractivity contribution in [1.82, 2.24) is 10.3 Å². The summed E-state index contributed by atoms with van der Waals surface area (Å²) in [7, 11) is 0. The average molecular weight is 194 g/mol. The molecule has 0 saturated carbocycles. The molecule has 0 aromatic carbocycles. The van der Waals surface area contributed by atoms with E-state index in [0.29, 0.717) is 5.92 Å². The molecular formula is C11H18N2O. The van der Waals surface area contributed by atoms with Crippen LogP contribution < -0.4 is 5.32 Å². The van der Waals surface area contributed by atoms with Crippen molar-refractivity contribution in [3.05, 3.63) is 17.3 Å². The SMILES string of the molecule is Cc1nc(CC2CCCNC2)oc1C. The van der Waals surface area contributed by atoms with Gasteiger partial charge in [0.25, 0.3) is 0 Å². The lowest BCUT2D eigenvalue weighted by Gasteiger charge is -2.21. The first-order chi connectivity index (χ1) is 6.75. The summed E-state index contributed by atoms with van der Waals surface area (Å²) in [6, 6.07) is 0. The van der Waals surface area contributed by atoms with Crippen LogP contribution in [0.2, 0.25) is 0 Å². The Balaban J connectivity index is 1.95. The summed E-state index contributed by atoms with van der Waals surface area (Å²) in [6.45, 7) is 6.26. The Morgan fingerprint density at radius 1 is 1.50 bits per heavy atom. The lowest BCUT2D eigenvalue weighted by Crippen LogP contribution is -2.30. The Morgan fingerprint density at radius 2 is 2.36 bits per heavy atom. The summed E-state index contributed by atoms with van der Waals surface area (Å²) in [6.07, 6.45) is 3.57. The van der Waals surface area contributed by atoms with Gasteiger partial charge in [-0.15, -0.1) is 0 Å². The van der Waals surface area contributed by atoms with E-state index in [9.17, 15) is 0 Å². The summed E-state index contributed by atoms with van der Waals surface area (Å²) in [4.78, 5) is 4.41. The van der Waals surface area contributed by atoms with E-state index < -0.39 is 0 Å². The van der Waals surface area contributed by atoms with Crippen LogP contribution in [0.1, 0.15) is 30.2 Å². The van der Waals surface area contributed by atoms with Crippen molar-refractivity contribution in [2.75, 3.05) is 13.1 Å². The molecule has 1 saturated heterocycles. The van der Waals surface area contributed by atoms with Crippen molar-refractivity contribution in [2.45, 2.75) is 33.1 Å². The van der Waals surface area contributed by atoms with Crippen LogP contribution in [0.3, 0.4) is 0 Å². The van der Waals surface area contributed by atoms with Gasteiger partial charge in [0, 0.05) is 6.42 Å². The van der Waals surface area contributed by atoms with Crippen LogP contribution in [0, 0.1) is 19.8 Å². The maximum Gasteiger partial charge on any atom is 0.194 e. The monoisotopic (exact) mass is 194 g/mol. The van der Waals surface area contributed by atoms with Gasteiger partial charge < -0.3 is 9.73 Å². The maximum atomic E-state index is 5.58. The van der Waals surface area contributed by atoms with Crippen LogP contribution in [0.15, 0.2) is 4.42 Å². The fraction of sp³-hybridized carbons (Fsp3) is 0.727. The number of oxazole rings is 1. The third kappa shape index (κ3) is 2.15. The third-order valence-electron chi connectivity index (χ3n) is 2.94. The molecule has 0 aliphatic carbocycles. The number of hydrogen-bond acceptors (Lipinski definition) is 3. The van der Waals surface area contributed by atoms with Crippen LogP contribution in [-0.4, -0.2) is 18.1 Å². The van der Waals surface area contributed by atoms with Gasteiger partial charge in [0.15, 0.2) is 5.89 Å². The first-order valence-electron chi connectivity index (χ1n) is 5.39. The molecule has 3 nitrogen and oxygen atoms in total. The van der Waals surface area contributed by atoms with E-state index in [1.165, 1.54) is 19.4 Å². The number of aromatic nitrogens is 1. The smallest absolute Gasteiger partial charge is 0.194 e. The number of nitrogens with one attached hydrogen (secondary N) is 1. The van der Waals surface area contributed by atoms with Gasteiger partial charge in [-0.05, 0) is 45.7 Å². The van der Waals surface area contributed by atoms with Gasteiger partial charge in [-0.25, -0.2) is 4.98 Å². The fourth-order valence-electron chi connectivity index (χ4n) is 1.97. The molecule has 14 heavy (non-hydrogen) atoms. The minimum absolute atomic E-state index is 0.709. The Bertz CT molecular complexity index is 281. The standard InChI is InChI=1S/C11H18N2O/c1-8-9(2)14-11(13-8)6-10-4-3-5-12-7-10/h10,12H,3-7H2,1-2H3. The normalized spacial score (nSPS) is 22.6.